The summed E-state index contributed by atoms with van der Waals surface area (Å²) in [6.07, 6.45) is 6.11. The van der Waals surface area contributed by atoms with Crippen LogP contribution >= 0.6 is 0 Å². The van der Waals surface area contributed by atoms with E-state index in [0.717, 1.165) is 79.0 Å². The largest absolute Gasteiger partial charge is 0.383 e. The lowest BCUT2D eigenvalue weighted by molar-refractivity contribution is 0.0121. The average molecular weight is 434 g/mol. The topological polar surface area (TPSA) is 97.9 Å². The minimum Gasteiger partial charge on any atom is -0.383 e. The van der Waals surface area contributed by atoms with Gasteiger partial charge in [-0.05, 0) is 31.4 Å². The molecule has 0 aliphatic carbocycles. The van der Waals surface area contributed by atoms with Crippen LogP contribution in [0.3, 0.4) is 0 Å². The Morgan fingerprint density at radius 2 is 2.00 bits per heavy atom. The number of nitrogen functional groups attached to an aromatic ring is 1. The molecule has 1 unspecified atom stereocenters. The van der Waals surface area contributed by atoms with E-state index in [-0.39, 0.29) is 0 Å². The number of H-pyrrole nitrogens is 1. The van der Waals surface area contributed by atoms with Crippen LogP contribution in [0.25, 0.3) is 33.3 Å². The Morgan fingerprint density at radius 3 is 2.81 bits per heavy atom. The zero-order valence-electron chi connectivity index (χ0n) is 18.6. The van der Waals surface area contributed by atoms with Crippen LogP contribution in [-0.4, -0.2) is 62.0 Å². The van der Waals surface area contributed by atoms with Crippen LogP contribution < -0.4 is 5.73 Å². The highest BCUT2D eigenvalue weighted by Crippen LogP contribution is 2.31. The Hall–Kier alpha value is -2.97. The van der Waals surface area contributed by atoms with E-state index in [4.69, 9.17) is 15.6 Å². The van der Waals surface area contributed by atoms with Crippen molar-refractivity contribution in [1.82, 2.24) is 29.6 Å². The molecule has 32 heavy (non-hydrogen) atoms. The number of aryl methyl sites for hydroxylation is 1. The molecule has 1 atom stereocenters. The number of nitrogens with zero attached hydrogens (tertiary/aromatic N) is 5. The number of rotatable bonds is 8. The van der Waals surface area contributed by atoms with Gasteiger partial charge >= 0.3 is 0 Å². The number of morpholine rings is 1. The lowest BCUT2D eigenvalue weighted by Gasteiger charge is -2.34. The van der Waals surface area contributed by atoms with Gasteiger partial charge in [-0.2, -0.15) is 5.10 Å². The zero-order chi connectivity index (χ0) is 21.9. The summed E-state index contributed by atoms with van der Waals surface area (Å²) in [4.78, 5) is 14.8. The second-order valence-electron chi connectivity index (χ2n) is 8.53. The predicted molar refractivity (Wildman–Crippen MR) is 127 cm³/mol. The van der Waals surface area contributed by atoms with Crippen LogP contribution in [0.4, 0.5) is 5.82 Å². The molecule has 4 aromatic rings. The molecule has 8 nitrogen and oxygen atoms in total. The number of anilines is 1. The number of fused-ring (bicyclic) bond motifs is 2. The maximum absolute atomic E-state index is 6.28. The smallest absolute Gasteiger partial charge is 0.164 e. The maximum atomic E-state index is 6.28. The van der Waals surface area contributed by atoms with Gasteiger partial charge in [-0.3, -0.25) is 4.90 Å². The van der Waals surface area contributed by atoms with E-state index in [1.807, 2.05) is 16.8 Å². The van der Waals surface area contributed by atoms with Crippen molar-refractivity contribution in [3.05, 3.63) is 36.7 Å². The van der Waals surface area contributed by atoms with Gasteiger partial charge in [0.25, 0.3) is 0 Å². The van der Waals surface area contributed by atoms with E-state index in [9.17, 15) is 0 Å². The number of ether oxygens (including phenoxy) is 1. The minimum absolute atomic E-state index is 0.465. The van der Waals surface area contributed by atoms with E-state index < -0.39 is 0 Å². The third-order valence-electron chi connectivity index (χ3n) is 6.43. The highest BCUT2D eigenvalue weighted by Gasteiger charge is 2.21. The van der Waals surface area contributed by atoms with Gasteiger partial charge in [-0.1, -0.05) is 31.5 Å². The molecule has 3 aromatic heterocycles. The Balaban J connectivity index is 1.40. The molecule has 0 saturated carbocycles. The minimum atomic E-state index is 0.465. The quantitative estimate of drug-likeness (QED) is 0.438. The van der Waals surface area contributed by atoms with Crippen LogP contribution in [0.5, 0.6) is 0 Å². The Morgan fingerprint density at radius 1 is 1.16 bits per heavy atom. The lowest BCUT2D eigenvalue weighted by atomic mass is 10.0. The van der Waals surface area contributed by atoms with E-state index >= 15 is 0 Å². The van der Waals surface area contributed by atoms with Crippen molar-refractivity contribution in [3.8, 4) is 11.4 Å². The number of hydrogen-bond donors (Lipinski definition) is 2. The van der Waals surface area contributed by atoms with E-state index in [0.29, 0.717) is 11.9 Å². The van der Waals surface area contributed by atoms with Crippen LogP contribution in [0, 0.1) is 0 Å². The number of nitrogens with one attached hydrogen (secondary N) is 1. The third-order valence-corrected chi connectivity index (χ3v) is 6.43. The molecule has 1 aromatic carbocycles. The van der Waals surface area contributed by atoms with E-state index in [2.05, 4.69) is 45.0 Å². The predicted octanol–water partition coefficient (Wildman–Crippen LogP) is 3.84. The summed E-state index contributed by atoms with van der Waals surface area (Å²) in [5, 5.41) is 6.90. The fourth-order valence-electron chi connectivity index (χ4n) is 4.84. The van der Waals surface area contributed by atoms with Crippen molar-refractivity contribution >= 4 is 27.8 Å². The molecular weight excluding hydrogens is 402 g/mol. The first kappa shape index (κ1) is 20.9. The molecule has 1 saturated heterocycles. The Kier molecular flexibility index (Phi) is 6.05. The first-order valence-corrected chi connectivity index (χ1v) is 11.6. The second kappa shape index (κ2) is 9.26. The SMILES string of the molecule is CCCC(CCCn1nc(-c2cc3ccccc3[nH]2)c2c(N)ncnc21)N1CCOCC1. The van der Waals surface area contributed by atoms with Gasteiger partial charge in [-0.15, -0.1) is 0 Å². The van der Waals surface area contributed by atoms with Crippen LogP contribution in [-0.2, 0) is 11.3 Å². The van der Waals surface area contributed by atoms with E-state index in [1.165, 1.54) is 19.2 Å². The van der Waals surface area contributed by atoms with Crippen molar-refractivity contribution in [3.63, 3.8) is 0 Å². The monoisotopic (exact) mass is 433 g/mol. The molecule has 4 heterocycles. The summed E-state index contributed by atoms with van der Waals surface area (Å²) in [6.45, 7) is 6.81. The molecule has 0 bridgehead atoms. The first-order valence-electron chi connectivity index (χ1n) is 11.6. The summed E-state index contributed by atoms with van der Waals surface area (Å²) in [6, 6.07) is 10.9. The molecular formula is C24H31N7O. The number of nitrogens with two attached hydrogens (primary N) is 1. The third kappa shape index (κ3) is 4.08. The summed E-state index contributed by atoms with van der Waals surface area (Å²) in [5.41, 5.74) is 9.90. The first-order chi connectivity index (χ1) is 15.7. The van der Waals surface area contributed by atoms with Gasteiger partial charge < -0.3 is 15.5 Å². The van der Waals surface area contributed by atoms with E-state index in [1.54, 1.807) is 0 Å². The lowest BCUT2D eigenvalue weighted by Crippen LogP contribution is -2.43. The van der Waals surface area contributed by atoms with Crippen molar-refractivity contribution in [2.75, 3.05) is 32.0 Å². The highest BCUT2D eigenvalue weighted by atomic mass is 16.5. The zero-order valence-corrected chi connectivity index (χ0v) is 18.6. The van der Waals surface area contributed by atoms with Crippen LogP contribution in [0.1, 0.15) is 32.6 Å². The van der Waals surface area contributed by atoms with Gasteiger partial charge in [0.1, 0.15) is 17.8 Å². The number of aromatic amines is 1. The molecule has 0 amide bonds. The van der Waals surface area contributed by atoms with Crippen molar-refractivity contribution in [2.24, 2.45) is 0 Å². The fraction of sp³-hybridized carbons (Fsp3) is 0.458. The Labute approximate surface area is 187 Å². The second-order valence-corrected chi connectivity index (χ2v) is 8.53. The van der Waals surface area contributed by atoms with Crippen LogP contribution in [0.15, 0.2) is 36.7 Å². The maximum Gasteiger partial charge on any atom is 0.164 e. The molecule has 168 valence electrons. The molecule has 3 N–H and O–H groups in total. The molecule has 5 rings (SSSR count). The summed E-state index contributed by atoms with van der Waals surface area (Å²) < 4.78 is 7.54. The summed E-state index contributed by atoms with van der Waals surface area (Å²) in [5.74, 6) is 0.465. The van der Waals surface area contributed by atoms with Gasteiger partial charge in [0.15, 0.2) is 5.65 Å². The van der Waals surface area contributed by atoms with Crippen molar-refractivity contribution in [1.29, 1.82) is 0 Å². The summed E-state index contributed by atoms with van der Waals surface area (Å²) in [7, 11) is 0. The number of hydrogen-bond acceptors (Lipinski definition) is 6. The number of benzene rings is 1. The average Bonchev–Trinajstić information content (AvgIpc) is 3.41. The van der Waals surface area contributed by atoms with Crippen molar-refractivity contribution < 1.29 is 4.74 Å². The van der Waals surface area contributed by atoms with Gasteiger partial charge in [0.05, 0.1) is 24.3 Å². The highest BCUT2D eigenvalue weighted by molar-refractivity contribution is 5.99. The van der Waals surface area contributed by atoms with Gasteiger partial charge in [0, 0.05) is 36.6 Å². The van der Waals surface area contributed by atoms with Gasteiger partial charge in [-0.25, -0.2) is 14.6 Å². The number of para-hydroxylation sites is 1. The standard InChI is InChI=1S/C24H31N7O/c1-2-6-18(30-11-13-32-14-12-30)8-5-10-31-24-21(23(25)26-16-27-24)22(29-31)20-15-17-7-3-4-9-19(17)28-20/h3-4,7,9,15-16,18,28H,2,5-6,8,10-14H2,1H3,(H2,25,26,27). The van der Waals surface area contributed by atoms with Crippen LogP contribution in [0.2, 0.25) is 0 Å². The molecule has 1 aliphatic rings. The number of aromatic nitrogens is 5. The normalized spacial score (nSPS) is 16.2. The summed E-state index contributed by atoms with van der Waals surface area (Å²) >= 11 is 0. The molecule has 1 aliphatic heterocycles. The molecule has 0 spiro atoms. The van der Waals surface area contributed by atoms with Gasteiger partial charge in [0.2, 0.25) is 0 Å². The molecule has 1 fully saturated rings. The van der Waals surface area contributed by atoms with Crippen molar-refractivity contribution in [2.45, 2.75) is 45.2 Å². The fourth-order valence-corrected chi connectivity index (χ4v) is 4.84. The molecule has 0 radical (unpaired) electrons. The molecule has 8 heteroatoms. The Bertz CT molecular complexity index is 1160.